The summed E-state index contributed by atoms with van der Waals surface area (Å²) in [4.78, 5) is 28.7. The molecule has 1 aromatic heterocycles. The van der Waals surface area contributed by atoms with Crippen LogP contribution in [0.2, 0.25) is 0 Å². The Balaban J connectivity index is 1.67. The van der Waals surface area contributed by atoms with Gasteiger partial charge in [0.2, 0.25) is 10.0 Å². The highest BCUT2D eigenvalue weighted by atomic mass is 32.2. The Morgan fingerprint density at radius 3 is 2.30 bits per heavy atom. The van der Waals surface area contributed by atoms with E-state index in [1.165, 1.54) is 30.5 Å². The minimum Gasteiger partial charge on any atom is -0.348 e. The molecule has 0 unspecified atom stereocenters. The second-order valence-corrected chi connectivity index (χ2v) is 8.24. The van der Waals surface area contributed by atoms with Crippen LogP contribution in [0.1, 0.15) is 26.3 Å². The van der Waals surface area contributed by atoms with Crippen molar-refractivity contribution in [1.29, 1.82) is 0 Å². The molecule has 0 aliphatic rings. The normalized spacial score (nSPS) is 10.8. The average molecular weight is 424 g/mol. The quantitative estimate of drug-likeness (QED) is 0.539. The van der Waals surface area contributed by atoms with E-state index in [1.807, 2.05) is 6.07 Å². The number of nitrogens with one attached hydrogen (secondary N) is 3. The fourth-order valence-corrected chi connectivity index (χ4v) is 3.23. The molecule has 3 aromatic rings. The Morgan fingerprint density at radius 1 is 0.900 bits per heavy atom. The van der Waals surface area contributed by atoms with Crippen LogP contribution in [0.3, 0.4) is 0 Å². The van der Waals surface area contributed by atoms with Crippen molar-refractivity contribution >= 4 is 33.2 Å². The second kappa shape index (κ2) is 9.19. The summed E-state index contributed by atoms with van der Waals surface area (Å²) in [5.41, 5.74) is 2.48. The molecule has 0 spiro atoms. The van der Waals surface area contributed by atoms with Gasteiger partial charge >= 0.3 is 0 Å². The van der Waals surface area contributed by atoms with Crippen molar-refractivity contribution in [3.05, 3.63) is 89.7 Å². The van der Waals surface area contributed by atoms with Crippen molar-refractivity contribution in [2.45, 2.75) is 6.54 Å². The number of anilines is 2. The van der Waals surface area contributed by atoms with Crippen molar-refractivity contribution in [2.75, 3.05) is 16.3 Å². The number of nitrogens with zero attached hydrogens (tertiary/aromatic N) is 1. The maximum absolute atomic E-state index is 12.6. The Kier molecular flexibility index (Phi) is 6.43. The van der Waals surface area contributed by atoms with Gasteiger partial charge in [-0.2, -0.15) is 0 Å². The lowest BCUT2D eigenvalue weighted by Gasteiger charge is -2.12. The zero-order valence-electron chi connectivity index (χ0n) is 16.1. The SMILES string of the molecule is CS(=O)(=O)Nc1ccc(C(=O)Nc2ccccc2CNC(=O)c2cccnc2)cc1. The van der Waals surface area contributed by atoms with E-state index in [9.17, 15) is 18.0 Å². The summed E-state index contributed by atoms with van der Waals surface area (Å²) in [6.45, 7) is 0.224. The van der Waals surface area contributed by atoms with Crippen LogP contribution in [-0.4, -0.2) is 31.5 Å². The lowest BCUT2D eigenvalue weighted by Crippen LogP contribution is -2.24. The number of hydrogen-bond donors (Lipinski definition) is 3. The van der Waals surface area contributed by atoms with Gasteiger partial charge in [0.25, 0.3) is 11.8 Å². The molecule has 0 fully saturated rings. The van der Waals surface area contributed by atoms with Crippen molar-refractivity contribution in [3.8, 4) is 0 Å². The van der Waals surface area contributed by atoms with Crippen molar-refractivity contribution in [1.82, 2.24) is 10.3 Å². The topological polar surface area (TPSA) is 117 Å². The molecule has 2 aromatic carbocycles. The monoisotopic (exact) mass is 424 g/mol. The van der Waals surface area contributed by atoms with Crippen LogP contribution in [0.5, 0.6) is 0 Å². The molecule has 154 valence electrons. The maximum Gasteiger partial charge on any atom is 0.255 e. The third-order valence-corrected chi connectivity index (χ3v) is 4.69. The van der Waals surface area contributed by atoms with Gasteiger partial charge in [-0.1, -0.05) is 18.2 Å². The molecule has 30 heavy (non-hydrogen) atoms. The third-order valence-electron chi connectivity index (χ3n) is 4.08. The number of para-hydroxylation sites is 1. The standard InChI is InChI=1S/C21H20N4O4S/c1-30(28,29)25-18-10-8-15(9-11-18)21(27)24-19-7-3-2-5-16(19)14-23-20(26)17-6-4-12-22-13-17/h2-13,25H,14H2,1H3,(H,23,26)(H,24,27). The molecule has 0 saturated heterocycles. The number of sulfonamides is 1. The van der Waals surface area contributed by atoms with Crippen molar-refractivity contribution < 1.29 is 18.0 Å². The van der Waals surface area contributed by atoms with E-state index in [0.717, 1.165) is 11.8 Å². The predicted octanol–water partition coefficient (Wildman–Crippen LogP) is 2.64. The van der Waals surface area contributed by atoms with Gasteiger partial charge in [0.15, 0.2) is 0 Å². The number of pyridine rings is 1. The Bertz CT molecular complexity index is 1150. The highest BCUT2D eigenvalue weighted by Crippen LogP contribution is 2.17. The minimum absolute atomic E-state index is 0.224. The van der Waals surface area contributed by atoms with Crippen LogP contribution < -0.4 is 15.4 Å². The van der Waals surface area contributed by atoms with Crippen LogP contribution in [0.4, 0.5) is 11.4 Å². The zero-order chi connectivity index (χ0) is 21.6. The van der Waals surface area contributed by atoms with Gasteiger partial charge in [0, 0.05) is 35.9 Å². The predicted molar refractivity (Wildman–Crippen MR) is 115 cm³/mol. The van der Waals surface area contributed by atoms with Crippen LogP contribution in [0.15, 0.2) is 73.1 Å². The molecule has 9 heteroatoms. The molecule has 1 heterocycles. The molecule has 0 saturated carbocycles. The fraction of sp³-hybridized carbons (Fsp3) is 0.0952. The molecular formula is C21H20N4O4S. The first-order valence-electron chi connectivity index (χ1n) is 8.97. The lowest BCUT2D eigenvalue weighted by molar-refractivity contribution is 0.0950. The van der Waals surface area contributed by atoms with Gasteiger partial charge in [0.05, 0.1) is 11.8 Å². The summed E-state index contributed by atoms with van der Waals surface area (Å²) in [5, 5.41) is 5.62. The minimum atomic E-state index is -3.39. The summed E-state index contributed by atoms with van der Waals surface area (Å²) in [7, 11) is -3.39. The molecule has 0 atom stereocenters. The molecule has 0 radical (unpaired) electrons. The van der Waals surface area contributed by atoms with Crippen LogP contribution in [-0.2, 0) is 16.6 Å². The van der Waals surface area contributed by atoms with Gasteiger partial charge in [-0.25, -0.2) is 8.42 Å². The summed E-state index contributed by atoms with van der Waals surface area (Å²) in [6, 6.07) is 16.5. The molecule has 3 N–H and O–H groups in total. The molecule has 3 rings (SSSR count). The van der Waals surface area contributed by atoms with E-state index in [2.05, 4.69) is 20.3 Å². The molecule has 0 bridgehead atoms. The second-order valence-electron chi connectivity index (χ2n) is 6.49. The lowest BCUT2D eigenvalue weighted by atomic mass is 10.1. The number of amides is 2. The summed E-state index contributed by atoms with van der Waals surface area (Å²) < 4.78 is 24.9. The molecule has 2 amide bonds. The van der Waals surface area contributed by atoms with Gasteiger partial charge in [-0.15, -0.1) is 0 Å². The van der Waals surface area contributed by atoms with Crippen molar-refractivity contribution in [3.63, 3.8) is 0 Å². The average Bonchev–Trinajstić information content (AvgIpc) is 2.73. The van der Waals surface area contributed by atoms with Crippen LogP contribution >= 0.6 is 0 Å². The van der Waals surface area contributed by atoms with E-state index >= 15 is 0 Å². The van der Waals surface area contributed by atoms with E-state index in [4.69, 9.17) is 0 Å². The smallest absolute Gasteiger partial charge is 0.255 e. The summed E-state index contributed by atoms with van der Waals surface area (Å²) in [5.74, 6) is -0.620. The number of hydrogen-bond acceptors (Lipinski definition) is 5. The van der Waals surface area contributed by atoms with E-state index in [-0.39, 0.29) is 18.4 Å². The molecule has 0 aliphatic heterocycles. The first kappa shape index (κ1) is 21.0. The van der Waals surface area contributed by atoms with Crippen LogP contribution in [0, 0.1) is 0 Å². The number of carbonyl (C=O) groups is 2. The Morgan fingerprint density at radius 2 is 1.63 bits per heavy atom. The van der Waals surface area contributed by atoms with Gasteiger partial charge < -0.3 is 10.6 Å². The van der Waals surface area contributed by atoms with Crippen molar-refractivity contribution in [2.24, 2.45) is 0 Å². The largest absolute Gasteiger partial charge is 0.348 e. The molecule has 8 nitrogen and oxygen atoms in total. The van der Waals surface area contributed by atoms with E-state index in [1.54, 1.807) is 36.5 Å². The Hall–Kier alpha value is -3.72. The van der Waals surface area contributed by atoms with Gasteiger partial charge in [0.1, 0.15) is 0 Å². The third kappa shape index (κ3) is 5.89. The molecular weight excluding hydrogens is 404 g/mol. The highest BCUT2D eigenvalue weighted by molar-refractivity contribution is 7.92. The summed E-state index contributed by atoms with van der Waals surface area (Å²) in [6.07, 6.45) is 4.12. The van der Waals surface area contributed by atoms with Crippen LogP contribution in [0.25, 0.3) is 0 Å². The Labute approximate surface area is 174 Å². The fourth-order valence-electron chi connectivity index (χ4n) is 2.67. The zero-order valence-corrected chi connectivity index (χ0v) is 16.9. The van der Waals surface area contributed by atoms with Gasteiger partial charge in [-0.05, 0) is 48.0 Å². The van der Waals surface area contributed by atoms with E-state index < -0.39 is 10.0 Å². The van der Waals surface area contributed by atoms with E-state index in [0.29, 0.717) is 22.5 Å². The number of aromatic nitrogens is 1. The number of carbonyl (C=O) groups excluding carboxylic acids is 2. The maximum atomic E-state index is 12.6. The highest BCUT2D eigenvalue weighted by Gasteiger charge is 2.11. The summed E-state index contributed by atoms with van der Waals surface area (Å²) >= 11 is 0. The number of benzene rings is 2. The first-order valence-corrected chi connectivity index (χ1v) is 10.9. The molecule has 0 aliphatic carbocycles. The van der Waals surface area contributed by atoms with Gasteiger partial charge in [-0.3, -0.25) is 19.3 Å². The first-order chi connectivity index (χ1) is 14.3. The number of rotatable bonds is 7.